The maximum atomic E-state index is 5.71. The first-order valence-electron chi connectivity index (χ1n) is 9.82. The van der Waals surface area contributed by atoms with Crippen molar-refractivity contribution >= 4 is 29.9 Å². The molecule has 2 heterocycles. The minimum Gasteiger partial charge on any atom is -0.491 e. The van der Waals surface area contributed by atoms with Crippen molar-refractivity contribution in [2.45, 2.75) is 45.8 Å². The summed E-state index contributed by atoms with van der Waals surface area (Å²) in [5, 5.41) is 7.75. The Balaban J connectivity index is 0.00000280. The number of ether oxygens (including phenoxy) is 1. The first kappa shape index (κ1) is 22.5. The minimum absolute atomic E-state index is 0. The van der Waals surface area contributed by atoms with E-state index in [4.69, 9.17) is 9.73 Å². The molecule has 1 aromatic carbocycles. The number of benzene rings is 1. The van der Waals surface area contributed by atoms with Gasteiger partial charge >= 0.3 is 0 Å². The summed E-state index contributed by atoms with van der Waals surface area (Å²) in [6.07, 6.45) is 5.44. The first-order valence-corrected chi connectivity index (χ1v) is 9.82. The van der Waals surface area contributed by atoms with Crippen molar-refractivity contribution in [1.82, 2.24) is 20.0 Å². The molecule has 28 heavy (non-hydrogen) atoms. The number of aryl methyl sites for hydroxylation is 1. The van der Waals surface area contributed by atoms with Gasteiger partial charge in [-0.3, -0.25) is 4.68 Å². The van der Waals surface area contributed by atoms with Gasteiger partial charge in [-0.2, -0.15) is 5.10 Å². The molecule has 2 aromatic rings. The van der Waals surface area contributed by atoms with Gasteiger partial charge in [-0.1, -0.05) is 12.1 Å². The number of aliphatic imine (C=N–C) groups is 1. The SMILES string of the molecule is CCNC(=NCc1ccc(OC(C)C)cc1)N1CCC(c2cnn(C)c2)C1.I. The third-order valence-corrected chi connectivity index (χ3v) is 4.73. The van der Waals surface area contributed by atoms with Crippen molar-refractivity contribution < 1.29 is 4.74 Å². The summed E-state index contributed by atoms with van der Waals surface area (Å²) in [4.78, 5) is 7.22. The Kier molecular flexibility index (Phi) is 8.59. The van der Waals surface area contributed by atoms with Crippen LogP contribution in [0.2, 0.25) is 0 Å². The largest absolute Gasteiger partial charge is 0.491 e. The molecule has 1 N–H and O–H groups in total. The summed E-state index contributed by atoms with van der Waals surface area (Å²) in [6.45, 7) is 9.73. The third-order valence-electron chi connectivity index (χ3n) is 4.73. The number of guanidine groups is 1. The van der Waals surface area contributed by atoms with Crippen molar-refractivity contribution in [3.8, 4) is 5.75 Å². The average molecular weight is 497 g/mol. The van der Waals surface area contributed by atoms with E-state index < -0.39 is 0 Å². The zero-order chi connectivity index (χ0) is 19.2. The highest BCUT2D eigenvalue weighted by Crippen LogP contribution is 2.26. The predicted octanol–water partition coefficient (Wildman–Crippen LogP) is 3.78. The molecule has 1 aliphatic heterocycles. The third kappa shape index (κ3) is 6.12. The molecule has 0 saturated carbocycles. The molecule has 1 saturated heterocycles. The number of rotatable bonds is 6. The molecule has 1 aromatic heterocycles. The molecule has 1 unspecified atom stereocenters. The number of aromatic nitrogens is 2. The van der Waals surface area contributed by atoms with Gasteiger partial charge in [-0.15, -0.1) is 24.0 Å². The van der Waals surface area contributed by atoms with Gasteiger partial charge in [-0.25, -0.2) is 4.99 Å². The van der Waals surface area contributed by atoms with Crippen LogP contribution in [0.1, 0.15) is 44.2 Å². The second-order valence-corrected chi connectivity index (χ2v) is 7.36. The maximum Gasteiger partial charge on any atom is 0.194 e. The van der Waals surface area contributed by atoms with Gasteiger partial charge in [0.25, 0.3) is 0 Å². The van der Waals surface area contributed by atoms with Gasteiger partial charge in [0.1, 0.15) is 5.75 Å². The van der Waals surface area contributed by atoms with E-state index in [1.807, 2.05) is 43.9 Å². The lowest BCUT2D eigenvalue weighted by Crippen LogP contribution is -2.40. The number of nitrogens with one attached hydrogen (secondary N) is 1. The Morgan fingerprint density at radius 2 is 2.07 bits per heavy atom. The van der Waals surface area contributed by atoms with Gasteiger partial charge in [0.2, 0.25) is 0 Å². The Morgan fingerprint density at radius 1 is 1.32 bits per heavy atom. The molecular formula is C21H32IN5O. The molecule has 1 fully saturated rings. The van der Waals surface area contributed by atoms with Crippen LogP contribution in [0.15, 0.2) is 41.7 Å². The molecule has 0 bridgehead atoms. The normalized spacial score (nSPS) is 17.0. The minimum atomic E-state index is 0. The highest BCUT2D eigenvalue weighted by Gasteiger charge is 2.26. The summed E-state index contributed by atoms with van der Waals surface area (Å²) in [5.41, 5.74) is 2.50. The van der Waals surface area contributed by atoms with Crippen LogP contribution in [0.5, 0.6) is 5.75 Å². The standard InChI is InChI=1S/C21H31N5O.HI/c1-5-22-21(23-12-17-6-8-20(9-7-17)27-16(2)3)26-11-10-18(15-26)19-13-24-25(4)14-19;/h6-9,13-14,16,18H,5,10-12,15H2,1-4H3,(H,22,23);1H. The van der Waals surface area contributed by atoms with E-state index >= 15 is 0 Å². The lowest BCUT2D eigenvalue weighted by Gasteiger charge is -2.21. The Morgan fingerprint density at radius 3 is 2.68 bits per heavy atom. The Labute approximate surface area is 185 Å². The van der Waals surface area contributed by atoms with Gasteiger partial charge in [0, 0.05) is 38.8 Å². The van der Waals surface area contributed by atoms with Crippen molar-refractivity contribution in [3.63, 3.8) is 0 Å². The summed E-state index contributed by atoms with van der Waals surface area (Å²) < 4.78 is 7.59. The number of likely N-dealkylation sites (tertiary alicyclic amines) is 1. The molecule has 3 rings (SSSR count). The maximum absolute atomic E-state index is 5.71. The van der Waals surface area contributed by atoms with Crippen LogP contribution in [0, 0.1) is 0 Å². The van der Waals surface area contributed by atoms with Crippen LogP contribution in [0.3, 0.4) is 0 Å². The summed E-state index contributed by atoms with van der Waals surface area (Å²) in [6, 6.07) is 8.22. The van der Waals surface area contributed by atoms with E-state index in [0.717, 1.165) is 37.8 Å². The number of hydrogen-bond donors (Lipinski definition) is 1. The van der Waals surface area contributed by atoms with Crippen LogP contribution < -0.4 is 10.1 Å². The Bertz CT molecular complexity index is 756. The van der Waals surface area contributed by atoms with E-state index in [9.17, 15) is 0 Å². The van der Waals surface area contributed by atoms with E-state index in [0.29, 0.717) is 12.5 Å². The van der Waals surface area contributed by atoms with E-state index in [2.05, 4.69) is 40.6 Å². The zero-order valence-electron chi connectivity index (χ0n) is 17.3. The van der Waals surface area contributed by atoms with E-state index in [1.54, 1.807) is 0 Å². The molecule has 7 heteroatoms. The smallest absolute Gasteiger partial charge is 0.194 e. The number of halogens is 1. The van der Waals surface area contributed by atoms with Gasteiger partial charge in [0.05, 0.1) is 18.8 Å². The monoisotopic (exact) mass is 497 g/mol. The number of nitrogens with zero attached hydrogens (tertiary/aromatic N) is 4. The molecule has 0 aliphatic carbocycles. The van der Waals surface area contributed by atoms with E-state index in [1.165, 1.54) is 11.1 Å². The zero-order valence-corrected chi connectivity index (χ0v) is 19.6. The molecule has 1 atom stereocenters. The summed E-state index contributed by atoms with van der Waals surface area (Å²) >= 11 is 0. The van der Waals surface area contributed by atoms with Gasteiger partial charge < -0.3 is 15.0 Å². The van der Waals surface area contributed by atoms with Gasteiger partial charge in [0.15, 0.2) is 5.96 Å². The average Bonchev–Trinajstić information content (AvgIpc) is 3.28. The van der Waals surface area contributed by atoms with Crippen LogP contribution >= 0.6 is 24.0 Å². The summed E-state index contributed by atoms with van der Waals surface area (Å²) in [7, 11) is 1.97. The molecular weight excluding hydrogens is 465 g/mol. The quantitative estimate of drug-likeness (QED) is 0.375. The van der Waals surface area contributed by atoms with Crippen LogP contribution in [-0.4, -0.2) is 46.4 Å². The second-order valence-electron chi connectivity index (χ2n) is 7.36. The number of hydrogen-bond acceptors (Lipinski definition) is 3. The topological polar surface area (TPSA) is 54.7 Å². The van der Waals surface area contributed by atoms with Crippen LogP contribution in [-0.2, 0) is 13.6 Å². The molecule has 0 spiro atoms. The van der Waals surface area contributed by atoms with Crippen molar-refractivity contribution in [3.05, 3.63) is 47.8 Å². The molecule has 1 aliphatic rings. The van der Waals surface area contributed by atoms with Crippen molar-refractivity contribution in [2.24, 2.45) is 12.0 Å². The van der Waals surface area contributed by atoms with Crippen molar-refractivity contribution in [2.75, 3.05) is 19.6 Å². The van der Waals surface area contributed by atoms with Crippen LogP contribution in [0.4, 0.5) is 0 Å². The highest BCUT2D eigenvalue weighted by atomic mass is 127. The first-order chi connectivity index (χ1) is 13.0. The van der Waals surface area contributed by atoms with E-state index in [-0.39, 0.29) is 30.1 Å². The summed E-state index contributed by atoms with van der Waals surface area (Å²) in [5.74, 6) is 2.42. The lowest BCUT2D eigenvalue weighted by atomic mass is 10.0. The Hall–Kier alpha value is -1.77. The van der Waals surface area contributed by atoms with Gasteiger partial charge in [-0.05, 0) is 50.5 Å². The fourth-order valence-electron chi connectivity index (χ4n) is 3.41. The molecule has 0 amide bonds. The lowest BCUT2D eigenvalue weighted by molar-refractivity contribution is 0.242. The molecule has 0 radical (unpaired) electrons. The fraction of sp³-hybridized carbons (Fsp3) is 0.524. The molecule has 6 nitrogen and oxygen atoms in total. The molecule has 154 valence electrons. The van der Waals surface area contributed by atoms with Crippen LogP contribution in [0.25, 0.3) is 0 Å². The fourth-order valence-corrected chi connectivity index (χ4v) is 3.41. The second kappa shape index (κ2) is 10.7. The highest BCUT2D eigenvalue weighted by molar-refractivity contribution is 14.0. The van der Waals surface area contributed by atoms with Crippen molar-refractivity contribution in [1.29, 1.82) is 0 Å². The predicted molar refractivity (Wildman–Crippen MR) is 125 cm³/mol.